The number of carbonyl (C=O) groups is 3. The second-order valence-electron chi connectivity index (χ2n) is 5.94. The number of primary amides is 1. The van der Waals surface area contributed by atoms with E-state index in [0.717, 1.165) is 6.42 Å². The largest absolute Gasteiger partial charge is 0.481 e. The molecule has 0 aromatic heterocycles. The van der Waals surface area contributed by atoms with Gasteiger partial charge < -0.3 is 21.1 Å². The highest BCUT2D eigenvalue weighted by molar-refractivity contribution is 5.81. The lowest BCUT2D eigenvalue weighted by Gasteiger charge is -2.23. The fraction of sp³-hybridized carbons (Fsp3) is 0.769. The lowest BCUT2D eigenvalue weighted by molar-refractivity contribution is -0.137. The number of nitrogens with one attached hydrogen (secondary N) is 1. The summed E-state index contributed by atoms with van der Waals surface area (Å²) < 4.78 is 0. The van der Waals surface area contributed by atoms with Gasteiger partial charge in [0, 0.05) is 26.1 Å². The van der Waals surface area contributed by atoms with Crippen LogP contribution in [-0.4, -0.2) is 47.5 Å². The van der Waals surface area contributed by atoms with Crippen LogP contribution < -0.4 is 11.1 Å². The van der Waals surface area contributed by atoms with Gasteiger partial charge in [0.1, 0.15) is 0 Å². The van der Waals surface area contributed by atoms with Crippen molar-refractivity contribution >= 4 is 17.9 Å². The van der Waals surface area contributed by atoms with Crippen LogP contribution in [-0.2, 0) is 9.59 Å². The number of carbonyl (C=O) groups excluding carboxylic acids is 2. The Balaban J connectivity index is 2.35. The van der Waals surface area contributed by atoms with Crippen LogP contribution in [0.2, 0.25) is 0 Å². The average molecular weight is 285 g/mol. The summed E-state index contributed by atoms with van der Waals surface area (Å²) in [4.78, 5) is 35.3. The highest BCUT2D eigenvalue weighted by Gasteiger charge is 2.29. The Morgan fingerprint density at radius 1 is 1.40 bits per heavy atom. The fourth-order valence-corrected chi connectivity index (χ4v) is 2.08. The maximum Gasteiger partial charge on any atom is 0.317 e. The molecule has 7 nitrogen and oxygen atoms in total. The van der Waals surface area contributed by atoms with Crippen molar-refractivity contribution in [2.45, 2.75) is 33.1 Å². The van der Waals surface area contributed by atoms with Gasteiger partial charge >= 0.3 is 12.0 Å². The highest BCUT2D eigenvalue weighted by atomic mass is 16.4. The van der Waals surface area contributed by atoms with E-state index in [4.69, 9.17) is 10.8 Å². The van der Waals surface area contributed by atoms with Crippen LogP contribution >= 0.6 is 0 Å². The molecule has 1 atom stereocenters. The molecule has 0 aromatic carbocycles. The van der Waals surface area contributed by atoms with E-state index in [2.05, 4.69) is 5.32 Å². The second kappa shape index (κ2) is 6.58. The Kier molecular flexibility index (Phi) is 5.35. The number of nitrogens with zero attached hydrogens (tertiary/aromatic N) is 1. The van der Waals surface area contributed by atoms with Crippen LogP contribution in [0.25, 0.3) is 0 Å². The molecule has 0 saturated carbocycles. The number of likely N-dealkylation sites (tertiary alicyclic amines) is 1. The molecule has 1 fully saturated rings. The Morgan fingerprint density at radius 2 is 2.05 bits per heavy atom. The van der Waals surface area contributed by atoms with Crippen molar-refractivity contribution in [2.24, 2.45) is 17.1 Å². The van der Waals surface area contributed by atoms with E-state index < -0.39 is 17.3 Å². The number of hydrogen-bond acceptors (Lipinski definition) is 3. The number of carboxylic acid groups (broad SMARTS) is 1. The van der Waals surface area contributed by atoms with Gasteiger partial charge in [0.05, 0.1) is 5.41 Å². The number of rotatable bonds is 6. The summed E-state index contributed by atoms with van der Waals surface area (Å²) in [5, 5.41) is 11.3. The van der Waals surface area contributed by atoms with Gasteiger partial charge in [0.2, 0.25) is 5.91 Å². The lowest BCUT2D eigenvalue weighted by Crippen LogP contribution is -2.46. The molecule has 7 heteroatoms. The minimum absolute atomic E-state index is 0.134. The molecule has 1 heterocycles. The molecule has 20 heavy (non-hydrogen) atoms. The van der Waals surface area contributed by atoms with Crippen LogP contribution in [0.4, 0.5) is 4.79 Å². The number of nitrogens with two attached hydrogens (primary N) is 1. The molecule has 114 valence electrons. The molecular weight excluding hydrogens is 262 g/mol. The Labute approximate surface area is 118 Å². The molecule has 1 aliphatic heterocycles. The third kappa shape index (κ3) is 4.71. The van der Waals surface area contributed by atoms with Crippen molar-refractivity contribution < 1.29 is 19.5 Å². The molecule has 0 aromatic rings. The topological polar surface area (TPSA) is 113 Å². The predicted molar refractivity (Wildman–Crippen MR) is 72.9 cm³/mol. The van der Waals surface area contributed by atoms with E-state index in [1.54, 1.807) is 18.7 Å². The van der Waals surface area contributed by atoms with Crippen molar-refractivity contribution in [2.75, 3.05) is 19.6 Å². The van der Waals surface area contributed by atoms with Crippen molar-refractivity contribution in [1.29, 1.82) is 0 Å². The van der Waals surface area contributed by atoms with Gasteiger partial charge in [-0.1, -0.05) is 0 Å². The summed E-state index contributed by atoms with van der Waals surface area (Å²) in [5.74, 6) is -1.03. The van der Waals surface area contributed by atoms with E-state index in [1.165, 1.54) is 0 Å². The molecule has 0 aliphatic carbocycles. The Hall–Kier alpha value is -1.79. The van der Waals surface area contributed by atoms with Crippen LogP contribution in [0.15, 0.2) is 0 Å². The summed E-state index contributed by atoms with van der Waals surface area (Å²) in [5.41, 5.74) is 4.46. The summed E-state index contributed by atoms with van der Waals surface area (Å²) in [6.45, 7) is 4.73. The van der Waals surface area contributed by atoms with Gasteiger partial charge in [-0.3, -0.25) is 9.59 Å². The average Bonchev–Trinajstić information content (AvgIpc) is 2.82. The number of urea groups is 1. The fourth-order valence-electron chi connectivity index (χ4n) is 2.08. The van der Waals surface area contributed by atoms with E-state index in [1.807, 2.05) is 0 Å². The number of carboxylic acids is 1. The third-order valence-corrected chi connectivity index (χ3v) is 3.69. The van der Waals surface area contributed by atoms with Gasteiger partial charge in [-0.05, 0) is 32.6 Å². The predicted octanol–water partition coefficient (Wildman–Crippen LogP) is 0.394. The van der Waals surface area contributed by atoms with E-state index in [-0.39, 0.29) is 24.9 Å². The molecular formula is C13H23N3O4. The molecule has 1 aliphatic rings. The molecule has 0 radical (unpaired) electrons. The van der Waals surface area contributed by atoms with Gasteiger partial charge in [0.25, 0.3) is 0 Å². The van der Waals surface area contributed by atoms with Crippen LogP contribution in [0, 0.1) is 11.3 Å². The molecule has 1 rings (SSSR count). The van der Waals surface area contributed by atoms with Gasteiger partial charge in [0.15, 0.2) is 0 Å². The van der Waals surface area contributed by atoms with Gasteiger partial charge in [-0.15, -0.1) is 0 Å². The molecule has 3 amide bonds. The van der Waals surface area contributed by atoms with Crippen molar-refractivity contribution in [1.82, 2.24) is 10.2 Å². The number of hydrogen-bond donors (Lipinski definition) is 3. The lowest BCUT2D eigenvalue weighted by atomic mass is 9.93. The molecule has 1 saturated heterocycles. The molecule has 0 bridgehead atoms. The van der Waals surface area contributed by atoms with Crippen LogP contribution in [0.5, 0.6) is 0 Å². The van der Waals surface area contributed by atoms with Crippen molar-refractivity contribution in [3.05, 3.63) is 0 Å². The quantitative estimate of drug-likeness (QED) is 0.655. The highest BCUT2D eigenvalue weighted by Crippen LogP contribution is 2.21. The molecule has 4 N–H and O–H groups in total. The number of aliphatic carboxylic acids is 1. The zero-order valence-electron chi connectivity index (χ0n) is 12.0. The maximum absolute atomic E-state index is 11.9. The minimum atomic E-state index is -0.809. The normalized spacial score (nSPS) is 18.9. The van der Waals surface area contributed by atoms with Crippen LogP contribution in [0.3, 0.4) is 0 Å². The van der Waals surface area contributed by atoms with Gasteiger partial charge in [-0.2, -0.15) is 0 Å². The SMILES string of the molecule is CC(C)(CNC(=O)N1CCC(CCC(=O)O)C1)C(N)=O. The zero-order valence-corrected chi connectivity index (χ0v) is 12.0. The van der Waals surface area contributed by atoms with E-state index in [0.29, 0.717) is 19.5 Å². The van der Waals surface area contributed by atoms with Gasteiger partial charge in [-0.25, -0.2) is 4.79 Å². The van der Waals surface area contributed by atoms with Crippen molar-refractivity contribution in [3.63, 3.8) is 0 Å². The zero-order chi connectivity index (χ0) is 15.3. The molecule has 0 spiro atoms. The Morgan fingerprint density at radius 3 is 2.60 bits per heavy atom. The standard InChI is InChI=1S/C13H23N3O4/c1-13(2,11(14)19)8-15-12(20)16-6-5-9(7-16)3-4-10(17)18/h9H,3-8H2,1-2H3,(H2,14,19)(H,15,20)(H,17,18). The first kappa shape index (κ1) is 16.3. The van der Waals surface area contributed by atoms with Crippen molar-refractivity contribution in [3.8, 4) is 0 Å². The summed E-state index contributed by atoms with van der Waals surface area (Å²) >= 11 is 0. The summed E-state index contributed by atoms with van der Waals surface area (Å²) in [6, 6.07) is -0.225. The second-order valence-corrected chi connectivity index (χ2v) is 5.94. The Bertz CT molecular complexity index is 395. The first-order valence-electron chi connectivity index (χ1n) is 6.77. The summed E-state index contributed by atoms with van der Waals surface area (Å²) in [6.07, 6.45) is 1.54. The summed E-state index contributed by atoms with van der Waals surface area (Å²) in [7, 11) is 0. The van der Waals surface area contributed by atoms with E-state index >= 15 is 0 Å². The maximum atomic E-state index is 11.9. The monoisotopic (exact) mass is 285 g/mol. The number of amides is 3. The third-order valence-electron chi connectivity index (χ3n) is 3.69. The molecule has 1 unspecified atom stereocenters. The first-order chi connectivity index (χ1) is 9.22. The van der Waals surface area contributed by atoms with Crippen LogP contribution in [0.1, 0.15) is 33.1 Å². The van der Waals surface area contributed by atoms with E-state index in [9.17, 15) is 14.4 Å². The minimum Gasteiger partial charge on any atom is -0.481 e. The first-order valence-corrected chi connectivity index (χ1v) is 6.77. The smallest absolute Gasteiger partial charge is 0.317 e.